The van der Waals surface area contributed by atoms with Crippen molar-refractivity contribution in [3.05, 3.63) is 0 Å². The SMILES string of the molecule is CCCCCCCCCCCCCC1CCCC1.N. The first-order valence-corrected chi connectivity index (χ1v) is 8.93. The molecule has 1 aliphatic rings. The van der Waals surface area contributed by atoms with E-state index in [0.717, 1.165) is 5.92 Å². The van der Waals surface area contributed by atoms with Crippen molar-refractivity contribution in [2.45, 2.75) is 110 Å². The maximum Gasteiger partial charge on any atom is -0.0414 e. The maximum atomic E-state index is 2.30. The van der Waals surface area contributed by atoms with E-state index in [1.54, 1.807) is 0 Å². The Morgan fingerprint density at radius 2 is 1.05 bits per heavy atom. The number of hydrogen-bond donors (Lipinski definition) is 1. The summed E-state index contributed by atoms with van der Waals surface area (Å²) in [5, 5.41) is 0. The molecular formula is C18H39N. The maximum absolute atomic E-state index is 2.30. The zero-order valence-corrected chi connectivity index (χ0v) is 13.6. The standard InChI is InChI=1S/C18H36.H3N/c1-2-3-4-5-6-7-8-9-10-11-12-15-18-16-13-14-17-18;/h18H,2-17H2,1H3;1H3. The molecule has 0 aromatic rings. The zero-order chi connectivity index (χ0) is 12.9. The fourth-order valence-electron chi connectivity index (χ4n) is 3.40. The molecule has 0 amide bonds. The summed E-state index contributed by atoms with van der Waals surface area (Å²) in [6.07, 6.45) is 23.9. The molecule has 0 unspecified atom stereocenters. The molecule has 1 fully saturated rings. The van der Waals surface area contributed by atoms with Gasteiger partial charge in [-0.25, -0.2) is 0 Å². The summed E-state index contributed by atoms with van der Waals surface area (Å²) in [5.41, 5.74) is 0. The van der Waals surface area contributed by atoms with Crippen molar-refractivity contribution in [3.8, 4) is 0 Å². The van der Waals surface area contributed by atoms with E-state index in [1.807, 2.05) is 0 Å². The third kappa shape index (κ3) is 11.5. The Hall–Kier alpha value is -0.0400. The smallest absolute Gasteiger partial charge is 0.0414 e. The van der Waals surface area contributed by atoms with Crippen LogP contribution in [0.3, 0.4) is 0 Å². The third-order valence-electron chi connectivity index (χ3n) is 4.69. The van der Waals surface area contributed by atoms with Crippen LogP contribution in [0.1, 0.15) is 110 Å². The van der Waals surface area contributed by atoms with Crippen molar-refractivity contribution in [1.82, 2.24) is 6.15 Å². The van der Waals surface area contributed by atoms with Gasteiger partial charge in [-0.15, -0.1) is 0 Å². The third-order valence-corrected chi connectivity index (χ3v) is 4.69. The normalized spacial score (nSPS) is 15.6. The highest BCUT2D eigenvalue weighted by Gasteiger charge is 2.13. The molecule has 0 atom stereocenters. The molecule has 0 spiro atoms. The monoisotopic (exact) mass is 269 g/mol. The van der Waals surface area contributed by atoms with Crippen LogP contribution in [-0.4, -0.2) is 0 Å². The average Bonchev–Trinajstić information content (AvgIpc) is 2.89. The van der Waals surface area contributed by atoms with Crippen molar-refractivity contribution in [2.24, 2.45) is 5.92 Å². The van der Waals surface area contributed by atoms with Gasteiger partial charge in [0.25, 0.3) is 0 Å². The van der Waals surface area contributed by atoms with Gasteiger partial charge in [-0.2, -0.15) is 0 Å². The Kier molecular flexibility index (Phi) is 14.3. The molecule has 1 saturated carbocycles. The second-order valence-corrected chi connectivity index (χ2v) is 6.47. The lowest BCUT2D eigenvalue weighted by molar-refractivity contribution is 0.460. The van der Waals surface area contributed by atoms with E-state index in [2.05, 4.69) is 6.92 Å². The molecule has 1 nitrogen and oxygen atoms in total. The van der Waals surface area contributed by atoms with Crippen molar-refractivity contribution < 1.29 is 0 Å². The largest absolute Gasteiger partial charge is 0.344 e. The molecule has 19 heavy (non-hydrogen) atoms. The first kappa shape index (κ1) is 19.0. The lowest BCUT2D eigenvalue weighted by atomic mass is 9.99. The van der Waals surface area contributed by atoms with Crippen LogP contribution in [0.4, 0.5) is 0 Å². The molecular weight excluding hydrogens is 230 g/mol. The number of unbranched alkanes of at least 4 members (excludes halogenated alkanes) is 10. The van der Waals surface area contributed by atoms with Crippen LogP contribution in [0, 0.1) is 5.92 Å². The molecule has 0 aliphatic heterocycles. The molecule has 0 radical (unpaired) electrons. The minimum absolute atomic E-state index is 0. The summed E-state index contributed by atoms with van der Waals surface area (Å²) in [6.45, 7) is 2.30. The summed E-state index contributed by atoms with van der Waals surface area (Å²) >= 11 is 0. The van der Waals surface area contributed by atoms with Crippen molar-refractivity contribution in [3.63, 3.8) is 0 Å². The molecule has 116 valence electrons. The summed E-state index contributed by atoms with van der Waals surface area (Å²) in [6, 6.07) is 0. The predicted molar refractivity (Wildman–Crippen MR) is 88.1 cm³/mol. The molecule has 1 rings (SSSR count). The van der Waals surface area contributed by atoms with E-state index >= 15 is 0 Å². The van der Waals surface area contributed by atoms with Crippen molar-refractivity contribution >= 4 is 0 Å². The summed E-state index contributed by atoms with van der Waals surface area (Å²) < 4.78 is 0. The minimum Gasteiger partial charge on any atom is -0.344 e. The molecule has 0 heterocycles. The highest BCUT2D eigenvalue weighted by Crippen LogP contribution is 2.29. The quantitative estimate of drug-likeness (QED) is 0.379. The van der Waals surface area contributed by atoms with Gasteiger partial charge in [0.2, 0.25) is 0 Å². The molecule has 3 N–H and O–H groups in total. The first-order chi connectivity index (χ1) is 8.93. The van der Waals surface area contributed by atoms with Crippen LogP contribution in [0.5, 0.6) is 0 Å². The van der Waals surface area contributed by atoms with E-state index in [4.69, 9.17) is 0 Å². The Balaban J connectivity index is 0.00000324. The average molecular weight is 270 g/mol. The molecule has 1 aliphatic carbocycles. The van der Waals surface area contributed by atoms with Crippen LogP contribution in [-0.2, 0) is 0 Å². The molecule has 0 aromatic heterocycles. The van der Waals surface area contributed by atoms with Gasteiger partial charge in [0.1, 0.15) is 0 Å². The number of rotatable bonds is 12. The van der Waals surface area contributed by atoms with Gasteiger partial charge in [0.15, 0.2) is 0 Å². The summed E-state index contributed by atoms with van der Waals surface area (Å²) in [4.78, 5) is 0. The zero-order valence-electron chi connectivity index (χ0n) is 13.6. The number of hydrogen-bond acceptors (Lipinski definition) is 1. The lowest BCUT2D eigenvalue weighted by Gasteiger charge is -2.07. The molecule has 1 heteroatoms. The van der Waals surface area contributed by atoms with Crippen LogP contribution in [0.2, 0.25) is 0 Å². The van der Waals surface area contributed by atoms with Gasteiger partial charge in [-0.1, -0.05) is 110 Å². The lowest BCUT2D eigenvalue weighted by Crippen LogP contribution is -1.92. The van der Waals surface area contributed by atoms with E-state index in [9.17, 15) is 0 Å². The highest BCUT2D eigenvalue weighted by molar-refractivity contribution is 4.66. The van der Waals surface area contributed by atoms with Gasteiger partial charge in [-0.3, -0.25) is 0 Å². The Bertz CT molecular complexity index is 161. The van der Waals surface area contributed by atoms with Crippen LogP contribution >= 0.6 is 0 Å². The minimum atomic E-state index is 0. The van der Waals surface area contributed by atoms with E-state index < -0.39 is 0 Å². The van der Waals surface area contributed by atoms with E-state index in [0.29, 0.717) is 0 Å². The fourth-order valence-corrected chi connectivity index (χ4v) is 3.40. The Morgan fingerprint density at radius 1 is 0.632 bits per heavy atom. The van der Waals surface area contributed by atoms with Crippen molar-refractivity contribution in [1.29, 1.82) is 0 Å². The van der Waals surface area contributed by atoms with Crippen LogP contribution in [0.15, 0.2) is 0 Å². The molecule has 0 bridgehead atoms. The summed E-state index contributed by atoms with van der Waals surface area (Å²) in [7, 11) is 0. The molecule has 0 saturated heterocycles. The van der Waals surface area contributed by atoms with Gasteiger partial charge in [0.05, 0.1) is 0 Å². The fraction of sp³-hybridized carbons (Fsp3) is 1.00. The second kappa shape index (κ2) is 14.4. The van der Waals surface area contributed by atoms with Gasteiger partial charge >= 0.3 is 0 Å². The Morgan fingerprint density at radius 3 is 1.53 bits per heavy atom. The van der Waals surface area contributed by atoms with Crippen LogP contribution in [0.25, 0.3) is 0 Å². The highest BCUT2D eigenvalue weighted by atomic mass is 14.2. The van der Waals surface area contributed by atoms with E-state index in [-0.39, 0.29) is 6.15 Å². The Labute approximate surface area is 122 Å². The molecule has 0 aromatic carbocycles. The summed E-state index contributed by atoms with van der Waals surface area (Å²) in [5.74, 6) is 1.11. The van der Waals surface area contributed by atoms with Gasteiger partial charge in [-0.05, 0) is 5.92 Å². The van der Waals surface area contributed by atoms with E-state index in [1.165, 1.54) is 103 Å². The first-order valence-electron chi connectivity index (χ1n) is 8.93. The topological polar surface area (TPSA) is 35.0 Å². The van der Waals surface area contributed by atoms with Crippen LogP contribution < -0.4 is 6.15 Å². The van der Waals surface area contributed by atoms with Gasteiger partial charge in [0, 0.05) is 0 Å². The van der Waals surface area contributed by atoms with Crippen molar-refractivity contribution in [2.75, 3.05) is 0 Å². The predicted octanol–water partition coefficient (Wildman–Crippen LogP) is 7.04. The second-order valence-electron chi connectivity index (χ2n) is 6.47. The van der Waals surface area contributed by atoms with Gasteiger partial charge < -0.3 is 6.15 Å².